The lowest BCUT2D eigenvalue weighted by molar-refractivity contribution is -0.122. The van der Waals surface area contributed by atoms with Gasteiger partial charge in [0.15, 0.2) is 0 Å². The Hall–Kier alpha value is -4.50. The fraction of sp³-hybridized carbons (Fsp3) is 0.425. The number of hydrogen-bond acceptors (Lipinski definition) is 6. The molecule has 266 valence electrons. The van der Waals surface area contributed by atoms with Crippen LogP contribution in [-0.2, 0) is 17.6 Å². The van der Waals surface area contributed by atoms with E-state index in [1.54, 1.807) is 39.1 Å². The molecule has 1 aromatic heterocycles. The Morgan fingerprint density at radius 3 is 2.20 bits per heavy atom. The maximum atomic E-state index is 13.2. The number of piperidine rings is 1. The number of nitrogens with zero attached hydrogens (tertiary/aromatic N) is 3. The molecular weight excluding hydrogens is 619 g/mol. The molecule has 3 N–H and O–H groups in total. The van der Waals surface area contributed by atoms with E-state index in [2.05, 4.69) is 61.6 Å². The second-order valence-corrected chi connectivity index (χ2v) is 13.6. The fourth-order valence-electron chi connectivity index (χ4n) is 5.35. The molecule has 8 nitrogen and oxygen atoms in total. The number of carboxylic acid groups (broad SMARTS) is 1. The molecule has 0 radical (unpaired) electrons. The molecule has 1 fully saturated rings. The molecule has 0 saturated carbocycles. The zero-order valence-corrected chi connectivity index (χ0v) is 30.5. The van der Waals surface area contributed by atoms with Gasteiger partial charge in [0.05, 0.1) is 17.9 Å². The number of ether oxygens (including phenoxy) is 1. The van der Waals surface area contributed by atoms with Crippen LogP contribution >= 0.6 is 0 Å². The minimum atomic E-state index is -0.500. The average molecular weight is 675 g/mol. The van der Waals surface area contributed by atoms with Crippen LogP contribution in [0.2, 0.25) is 0 Å². The maximum absolute atomic E-state index is 13.2. The minimum absolute atomic E-state index is 0.225. The number of aliphatic imine (C=N–C) groups is 1. The SMILES string of the molecule is C=CN=C(/C=C\C)Nc1nc(C)c(CC)c(N2CCC(C)(C)CC2)c1-c1ccc(OCCc2ccc(F)cc2)cc1.CC(C)(C)O.O=CO. The highest BCUT2D eigenvalue weighted by atomic mass is 19.1. The Bertz CT molecular complexity index is 1530. The van der Waals surface area contributed by atoms with Gasteiger partial charge < -0.3 is 25.2 Å². The first-order chi connectivity index (χ1) is 23.2. The zero-order chi connectivity index (χ0) is 36.6. The van der Waals surface area contributed by atoms with Crippen LogP contribution in [0.4, 0.5) is 15.9 Å². The summed E-state index contributed by atoms with van der Waals surface area (Å²) in [4.78, 5) is 20.4. The summed E-state index contributed by atoms with van der Waals surface area (Å²) in [5.41, 5.74) is 6.58. The van der Waals surface area contributed by atoms with Crippen molar-refractivity contribution < 1.29 is 24.1 Å². The van der Waals surface area contributed by atoms with Crippen molar-refractivity contribution in [2.45, 2.75) is 86.7 Å². The van der Waals surface area contributed by atoms with E-state index >= 15 is 0 Å². The van der Waals surface area contributed by atoms with Crippen LogP contribution in [0.3, 0.4) is 0 Å². The van der Waals surface area contributed by atoms with E-state index in [0.29, 0.717) is 24.3 Å². The zero-order valence-electron chi connectivity index (χ0n) is 30.5. The van der Waals surface area contributed by atoms with Crippen molar-refractivity contribution in [3.8, 4) is 16.9 Å². The van der Waals surface area contributed by atoms with Crippen molar-refractivity contribution >= 4 is 23.8 Å². The van der Waals surface area contributed by atoms with Gasteiger partial charge in [0.2, 0.25) is 0 Å². The molecule has 9 heteroatoms. The molecule has 0 unspecified atom stereocenters. The number of hydrogen-bond donors (Lipinski definition) is 3. The summed E-state index contributed by atoms with van der Waals surface area (Å²) in [6.45, 7) is 22.3. The molecule has 3 aromatic rings. The Morgan fingerprint density at radius 1 is 1.12 bits per heavy atom. The first-order valence-electron chi connectivity index (χ1n) is 16.8. The molecule has 0 aliphatic carbocycles. The summed E-state index contributed by atoms with van der Waals surface area (Å²) in [5, 5.41) is 18.9. The normalized spacial score (nSPS) is 14.2. The van der Waals surface area contributed by atoms with E-state index in [0.717, 1.165) is 66.3 Å². The standard InChI is InChI=1S/C35H43FN4O.C4H10O.CH2O2/c1-7-10-31(37-9-3)39-34-32(33(30(8-2)25(4)38-34)40-22-20-35(5,6)21-23-40)27-13-17-29(18-14-27)41-24-19-26-11-15-28(36)16-12-26;1-4(2,3)5;2-1-3/h7,9-18H,3,8,19-24H2,1-2,4-6H3,(H,37,38,39);5H,1-3H3;1H,(H,2,3)/b10-7-;;. The second-order valence-electron chi connectivity index (χ2n) is 13.6. The smallest absolute Gasteiger partial charge is 0.290 e. The third kappa shape index (κ3) is 13.9. The molecule has 0 bridgehead atoms. The molecule has 2 aromatic carbocycles. The summed E-state index contributed by atoms with van der Waals surface area (Å²) >= 11 is 0. The lowest BCUT2D eigenvalue weighted by Gasteiger charge is -2.40. The third-order valence-corrected chi connectivity index (χ3v) is 7.78. The minimum Gasteiger partial charge on any atom is -0.493 e. The van der Waals surface area contributed by atoms with Crippen molar-refractivity contribution in [2.75, 3.05) is 29.9 Å². The van der Waals surface area contributed by atoms with Gasteiger partial charge in [0.25, 0.3) is 6.47 Å². The molecule has 49 heavy (non-hydrogen) atoms. The number of rotatable bonds is 10. The highest BCUT2D eigenvalue weighted by molar-refractivity contribution is 6.07. The number of aliphatic hydroxyl groups is 1. The van der Waals surface area contributed by atoms with E-state index in [9.17, 15) is 4.39 Å². The molecule has 0 spiro atoms. The summed E-state index contributed by atoms with van der Waals surface area (Å²) in [6, 6.07) is 14.8. The lowest BCUT2D eigenvalue weighted by Crippen LogP contribution is -2.38. The Morgan fingerprint density at radius 2 is 1.69 bits per heavy atom. The first-order valence-corrected chi connectivity index (χ1v) is 16.8. The lowest BCUT2D eigenvalue weighted by atomic mass is 9.82. The number of allylic oxidation sites excluding steroid dienone is 1. The van der Waals surface area contributed by atoms with E-state index < -0.39 is 5.60 Å². The van der Waals surface area contributed by atoms with E-state index in [4.69, 9.17) is 24.7 Å². The molecule has 1 saturated heterocycles. The largest absolute Gasteiger partial charge is 0.493 e. The first kappa shape index (κ1) is 40.7. The van der Waals surface area contributed by atoms with Crippen LogP contribution in [0.5, 0.6) is 5.75 Å². The van der Waals surface area contributed by atoms with Gasteiger partial charge in [-0.15, -0.1) is 0 Å². The summed E-state index contributed by atoms with van der Waals surface area (Å²) in [5.74, 6) is 2.04. The molecule has 1 aliphatic rings. The van der Waals surface area contributed by atoms with Crippen LogP contribution in [0.1, 0.15) is 78.1 Å². The second kappa shape index (κ2) is 19.5. The van der Waals surface area contributed by atoms with Gasteiger partial charge >= 0.3 is 0 Å². The number of amidine groups is 1. The van der Waals surface area contributed by atoms with Crippen LogP contribution in [0, 0.1) is 18.2 Å². The van der Waals surface area contributed by atoms with Gasteiger partial charge in [0.1, 0.15) is 23.2 Å². The van der Waals surface area contributed by atoms with Crippen LogP contribution in [0.25, 0.3) is 11.1 Å². The van der Waals surface area contributed by atoms with Crippen LogP contribution < -0.4 is 15.0 Å². The number of aryl methyl sites for hydroxylation is 1. The quantitative estimate of drug-likeness (QED) is 0.112. The monoisotopic (exact) mass is 674 g/mol. The molecule has 4 rings (SSSR count). The molecular formula is C40H55FN4O4. The van der Waals surface area contributed by atoms with Crippen molar-refractivity contribution in [3.63, 3.8) is 0 Å². The summed E-state index contributed by atoms with van der Waals surface area (Å²) < 4.78 is 19.3. The molecule has 0 atom stereocenters. The van der Waals surface area contributed by atoms with Gasteiger partial charge in [-0.2, -0.15) is 0 Å². The van der Waals surface area contributed by atoms with Gasteiger partial charge in [-0.1, -0.05) is 57.7 Å². The average Bonchev–Trinajstić information content (AvgIpc) is 3.02. The number of nitrogens with one attached hydrogen (secondary N) is 1. The van der Waals surface area contributed by atoms with Gasteiger partial charge in [-0.25, -0.2) is 14.4 Å². The van der Waals surface area contributed by atoms with Gasteiger partial charge in [-0.05, 0) is 106 Å². The van der Waals surface area contributed by atoms with E-state index in [-0.39, 0.29) is 12.3 Å². The summed E-state index contributed by atoms with van der Waals surface area (Å²) in [7, 11) is 0. The maximum Gasteiger partial charge on any atom is 0.290 e. The van der Waals surface area contributed by atoms with Crippen LogP contribution in [0.15, 0.2) is 78.5 Å². The van der Waals surface area contributed by atoms with E-state index in [1.807, 2.05) is 31.2 Å². The predicted octanol–water partition coefficient (Wildman–Crippen LogP) is 9.01. The van der Waals surface area contributed by atoms with Crippen molar-refractivity contribution in [3.05, 3.63) is 96.1 Å². The number of carbonyl (C=O) groups is 1. The number of aromatic nitrogens is 1. The molecule has 0 amide bonds. The number of pyridine rings is 1. The number of anilines is 2. The Labute approximate surface area is 292 Å². The van der Waals surface area contributed by atoms with Crippen molar-refractivity contribution in [1.29, 1.82) is 0 Å². The number of benzene rings is 2. The summed E-state index contributed by atoms with van der Waals surface area (Å²) in [6.07, 6.45) is 9.31. The van der Waals surface area contributed by atoms with Gasteiger partial charge in [0, 0.05) is 37.0 Å². The van der Waals surface area contributed by atoms with E-state index in [1.165, 1.54) is 23.4 Å². The number of halogens is 1. The fourth-order valence-corrected chi connectivity index (χ4v) is 5.35. The topological polar surface area (TPSA) is 107 Å². The van der Waals surface area contributed by atoms with Crippen molar-refractivity contribution in [1.82, 2.24) is 4.98 Å². The third-order valence-electron chi connectivity index (χ3n) is 7.78. The predicted molar refractivity (Wildman–Crippen MR) is 201 cm³/mol. The van der Waals surface area contributed by atoms with Crippen molar-refractivity contribution in [2.24, 2.45) is 10.4 Å². The van der Waals surface area contributed by atoms with Gasteiger partial charge in [-0.3, -0.25) is 4.79 Å². The highest BCUT2D eigenvalue weighted by Crippen LogP contribution is 2.43. The Kier molecular flexibility index (Phi) is 16.2. The Balaban J connectivity index is 0.000000939. The molecule has 1 aliphatic heterocycles. The van der Waals surface area contributed by atoms with Crippen LogP contribution in [-0.4, -0.2) is 52.8 Å². The molecule has 2 heterocycles. The highest BCUT2D eigenvalue weighted by Gasteiger charge is 2.30.